The molecule has 1 aliphatic carbocycles. The molecule has 3 atom stereocenters. The fourth-order valence-corrected chi connectivity index (χ4v) is 6.49. The van der Waals surface area contributed by atoms with E-state index in [2.05, 4.69) is 30.4 Å². The zero-order valence-corrected chi connectivity index (χ0v) is 22.4. The van der Waals surface area contributed by atoms with Gasteiger partial charge in [0, 0.05) is 36.9 Å². The Morgan fingerprint density at radius 2 is 1.97 bits per heavy atom. The summed E-state index contributed by atoms with van der Waals surface area (Å²) in [5.41, 5.74) is 3.35. The molecule has 5 nitrogen and oxygen atoms in total. The van der Waals surface area contributed by atoms with Crippen molar-refractivity contribution >= 4 is 29.7 Å². The number of thioether (sulfide) groups is 1. The quantitative estimate of drug-likeness (QED) is 0.356. The predicted octanol–water partition coefficient (Wildman–Crippen LogP) is 5.58. The largest absolute Gasteiger partial charge is 0.379 e. The van der Waals surface area contributed by atoms with E-state index >= 15 is 0 Å². The molecule has 0 bridgehead atoms. The van der Waals surface area contributed by atoms with Crippen LogP contribution in [0.5, 0.6) is 0 Å². The molecule has 3 unspecified atom stereocenters. The van der Waals surface area contributed by atoms with Crippen molar-refractivity contribution in [3.8, 4) is 0 Å². The van der Waals surface area contributed by atoms with E-state index in [0.717, 1.165) is 35.3 Å². The molecule has 1 N–H and O–H groups in total. The highest BCUT2D eigenvalue weighted by molar-refractivity contribution is 8.04. The van der Waals surface area contributed by atoms with Gasteiger partial charge in [-0.2, -0.15) is 0 Å². The van der Waals surface area contributed by atoms with Crippen LogP contribution in [-0.2, 0) is 20.9 Å². The maximum atomic E-state index is 13.8. The van der Waals surface area contributed by atoms with Crippen LogP contribution in [0.3, 0.4) is 0 Å². The van der Waals surface area contributed by atoms with E-state index in [1.807, 2.05) is 61.2 Å². The lowest BCUT2D eigenvalue weighted by Crippen LogP contribution is -2.53. The summed E-state index contributed by atoms with van der Waals surface area (Å²) in [7, 11) is 0. The Balaban J connectivity index is 1.48. The average Bonchev–Trinajstić information content (AvgIpc) is 2.86. The van der Waals surface area contributed by atoms with Crippen LogP contribution in [0.1, 0.15) is 56.2 Å². The van der Waals surface area contributed by atoms with Crippen molar-refractivity contribution < 1.29 is 14.3 Å². The number of aryl methyl sites for hydroxylation is 1. The maximum absolute atomic E-state index is 13.8. The molecule has 2 aromatic rings. The second-order valence-electron chi connectivity index (χ2n) is 10.1. The van der Waals surface area contributed by atoms with E-state index in [4.69, 9.17) is 4.74 Å². The zero-order chi connectivity index (χ0) is 25.5. The monoisotopic (exact) mass is 506 g/mol. The number of rotatable bonds is 9. The second-order valence-corrected chi connectivity index (χ2v) is 11.4. The van der Waals surface area contributed by atoms with E-state index < -0.39 is 0 Å². The van der Waals surface area contributed by atoms with E-state index in [0.29, 0.717) is 31.4 Å². The third kappa shape index (κ3) is 7.01. The van der Waals surface area contributed by atoms with Gasteiger partial charge in [-0.1, -0.05) is 60.2 Å². The van der Waals surface area contributed by atoms with Gasteiger partial charge >= 0.3 is 0 Å². The summed E-state index contributed by atoms with van der Waals surface area (Å²) in [6.07, 6.45) is 5.52. The van der Waals surface area contributed by atoms with E-state index in [1.54, 1.807) is 11.8 Å². The Labute approximate surface area is 219 Å². The van der Waals surface area contributed by atoms with Crippen molar-refractivity contribution in [3.63, 3.8) is 0 Å². The lowest BCUT2D eigenvalue weighted by atomic mass is 9.83. The van der Waals surface area contributed by atoms with Crippen LogP contribution in [0, 0.1) is 12.8 Å². The van der Waals surface area contributed by atoms with Gasteiger partial charge in [-0.25, -0.2) is 0 Å². The Morgan fingerprint density at radius 3 is 2.72 bits per heavy atom. The van der Waals surface area contributed by atoms with Crippen LogP contribution >= 0.6 is 11.8 Å². The minimum absolute atomic E-state index is 0.0460. The van der Waals surface area contributed by atoms with Gasteiger partial charge in [0.05, 0.1) is 11.0 Å². The lowest BCUT2D eigenvalue weighted by Gasteiger charge is -2.46. The second kappa shape index (κ2) is 12.6. The first kappa shape index (κ1) is 26.5. The summed E-state index contributed by atoms with van der Waals surface area (Å²) in [6, 6.07) is 18.5. The highest BCUT2D eigenvalue weighted by atomic mass is 32.2. The van der Waals surface area contributed by atoms with Gasteiger partial charge in [-0.15, -0.1) is 11.8 Å². The Kier molecular flexibility index (Phi) is 9.27. The lowest BCUT2D eigenvalue weighted by molar-refractivity contribution is -0.133. The molecular weight excluding hydrogens is 468 g/mol. The van der Waals surface area contributed by atoms with Crippen molar-refractivity contribution in [2.45, 2.75) is 70.4 Å². The summed E-state index contributed by atoms with van der Waals surface area (Å²) < 4.78 is 5.58. The molecular formula is C30H38N2O3S. The van der Waals surface area contributed by atoms with E-state index in [1.165, 1.54) is 5.56 Å². The van der Waals surface area contributed by atoms with Crippen molar-refractivity contribution in [2.24, 2.45) is 5.92 Å². The summed E-state index contributed by atoms with van der Waals surface area (Å²) in [4.78, 5) is 29.6. The molecule has 0 aromatic heterocycles. The highest BCUT2D eigenvalue weighted by Crippen LogP contribution is 2.44. The standard InChI is InChI=1S/C30H38N2O3S/c1-21(2)35-16-8-15-31-29(33)25-13-14-27-26(19-25)32(20-24-12-7-9-22(3)17-24)30(34)28(36-27)18-23-10-5-4-6-11-23/h4-7,9-12,17-18,21,25-27H,8,13-16,19-20H2,1-3H3,(H,31,33)/b28-18-. The highest BCUT2D eigenvalue weighted by Gasteiger charge is 2.44. The van der Waals surface area contributed by atoms with E-state index in [-0.39, 0.29) is 29.9 Å². The normalized spacial score (nSPS) is 23.1. The first-order chi connectivity index (χ1) is 17.4. The molecule has 2 aliphatic rings. The van der Waals surface area contributed by atoms with Crippen molar-refractivity contribution in [3.05, 3.63) is 76.2 Å². The van der Waals surface area contributed by atoms with Crippen molar-refractivity contribution in [1.82, 2.24) is 10.2 Å². The SMILES string of the molecule is Cc1cccc(CN2C(=O)/C(=C/c3ccccc3)SC3CCC(C(=O)NCCCOC(C)C)CC32)c1. The molecule has 0 spiro atoms. The number of nitrogens with one attached hydrogen (secondary N) is 1. The summed E-state index contributed by atoms with van der Waals surface area (Å²) in [5, 5.41) is 3.40. The van der Waals surface area contributed by atoms with Crippen LogP contribution in [0.15, 0.2) is 59.5 Å². The van der Waals surface area contributed by atoms with Gasteiger partial charge in [0.15, 0.2) is 0 Å². The molecule has 36 heavy (non-hydrogen) atoms. The molecule has 1 heterocycles. The first-order valence-corrected chi connectivity index (χ1v) is 14.0. The number of hydrogen-bond donors (Lipinski definition) is 1. The van der Waals surface area contributed by atoms with Crippen molar-refractivity contribution in [2.75, 3.05) is 13.2 Å². The summed E-state index contributed by atoms with van der Waals surface area (Å²) in [5.74, 6) is 0.111. The molecule has 1 saturated carbocycles. The number of fused-ring (bicyclic) bond motifs is 1. The maximum Gasteiger partial charge on any atom is 0.260 e. The molecule has 2 amide bonds. The molecule has 4 rings (SSSR count). The molecule has 2 fully saturated rings. The summed E-state index contributed by atoms with van der Waals surface area (Å²) in [6.45, 7) is 7.95. The van der Waals surface area contributed by atoms with Gasteiger partial charge in [0.1, 0.15) is 0 Å². The number of carbonyl (C=O) groups excluding carboxylic acids is 2. The van der Waals surface area contributed by atoms with Crippen LogP contribution in [0.25, 0.3) is 6.08 Å². The number of hydrogen-bond acceptors (Lipinski definition) is 4. The molecule has 192 valence electrons. The smallest absolute Gasteiger partial charge is 0.260 e. The number of nitrogens with zero attached hydrogens (tertiary/aromatic N) is 1. The number of ether oxygens (including phenoxy) is 1. The van der Waals surface area contributed by atoms with Gasteiger partial charge in [-0.05, 0) is 63.7 Å². The first-order valence-electron chi connectivity index (χ1n) is 13.1. The summed E-state index contributed by atoms with van der Waals surface area (Å²) >= 11 is 1.70. The average molecular weight is 507 g/mol. The fourth-order valence-electron chi connectivity index (χ4n) is 5.07. The van der Waals surface area contributed by atoms with Gasteiger partial charge in [-0.3, -0.25) is 9.59 Å². The Hall–Kier alpha value is -2.57. The molecule has 1 aliphatic heterocycles. The minimum Gasteiger partial charge on any atom is -0.379 e. The molecule has 2 aromatic carbocycles. The zero-order valence-electron chi connectivity index (χ0n) is 21.6. The Bertz CT molecular complexity index is 1070. The molecule has 6 heteroatoms. The van der Waals surface area contributed by atoms with Gasteiger partial charge in [0.25, 0.3) is 5.91 Å². The fraction of sp³-hybridized carbons (Fsp3) is 0.467. The van der Waals surface area contributed by atoms with Gasteiger partial charge < -0.3 is 15.0 Å². The third-order valence-electron chi connectivity index (χ3n) is 6.88. The number of amides is 2. The van der Waals surface area contributed by atoms with Crippen LogP contribution in [0.2, 0.25) is 0 Å². The topological polar surface area (TPSA) is 58.6 Å². The predicted molar refractivity (Wildman–Crippen MR) is 147 cm³/mol. The number of benzene rings is 2. The third-order valence-corrected chi connectivity index (χ3v) is 8.28. The van der Waals surface area contributed by atoms with E-state index in [9.17, 15) is 9.59 Å². The minimum atomic E-state index is -0.0645. The van der Waals surface area contributed by atoms with Crippen LogP contribution < -0.4 is 5.32 Å². The van der Waals surface area contributed by atoms with Crippen LogP contribution in [-0.4, -0.2) is 47.3 Å². The molecule has 1 saturated heterocycles. The van der Waals surface area contributed by atoms with Crippen molar-refractivity contribution in [1.29, 1.82) is 0 Å². The van der Waals surface area contributed by atoms with Gasteiger partial charge in [0.2, 0.25) is 5.91 Å². The van der Waals surface area contributed by atoms with Crippen LogP contribution in [0.4, 0.5) is 0 Å². The molecule has 0 radical (unpaired) electrons. The Morgan fingerprint density at radius 1 is 1.17 bits per heavy atom. The number of carbonyl (C=O) groups is 2.